The zero-order chi connectivity index (χ0) is 17.8. The van der Waals surface area contributed by atoms with Gasteiger partial charge in [0.1, 0.15) is 11.9 Å². The highest BCUT2D eigenvalue weighted by molar-refractivity contribution is 7.08. The van der Waals surface area contributed by atoms with E-state index in [9.17, 15) is 0 Å². The number of pyridine rings is 1. The molecule has 0 spiro atoms. The highest BCUT2D eigenvalue weighted by Crippen LogP contribution is 2.23. The van der Waals surface area contributed by atoms with Crippen molar-refractivity contribution < 1.29 is 0 Å². The number of fused-ring (bicyclic) bond motifs is 1. The molecule has 0 atom stereocenters. The van der Waals surface area contributed by atoms with E-state index in [4.69, 9.17) is 10.2 Å². The van der Waals surface area contributed by atoms with Gasteiger partial charge in [0.15, 0.2) is 11.5 Å². The maximum atomic E-state index is 8.79. The third-order valence-electron chi connectivity index (χ3n) is 3.81. The molecule has 4 heterocycles. The van der Waals surface area contributed by atoms with Crippen molar-refractivity contribution >= 4 is 28.6 Å². The van der Waals surface area contributed by atoms with Gasteiger partial charge in [-0.05, 0) is 23.6 Å². The van der Waals surface area contributed by atoms with E-state index in [1.54, 1.807) is 35.9 Å². The number of rotatable bonds is 6. The van der Waals surface area contributed by atoms with Crippen molar-refractivity contribution in [2.24, 2.45) is 0 Å². The molecule has 0 aliphatic rings. The average Bonchev–Trinajstić information content (AvgIpc) is 3.37. The van der Waals surface area contributed by atoms with Crippen LogP contribution in [0.25, 0.3) is 16.9 Å². The SMILES string of the molecule is N#Cc1ccc(NCCNc2nc(-c3ccsc3)cn3ccnc23)nc1. The Hall–Kier alpha value is -3.44. The van der Waals surface area contributed by atoms with Crippen LogP contribution < -0.4 is 10.6 Å². The van der Waals surface area contributed by atoms with Crippen LogP contribution in [-0.4, -0.2) is 32.4 Å². The predicted octanol–water partition coefficient (Wildman–Crippen LogP) is 3.25. The monoisotopic (exact) mass is 361 g/mol. The number of nitrogens with one attached hydrogen (secondary N) is 2. The van der Waals surface area contributed by atoms with Crippen LogP contribution in [0, 0.1) is 11.3 Å². The van der Waals surface area contributed by atoms with Gasteiger partial charge in [-0.2, -0.15) is 16.6 Å². The molecule has 4 aromatic rings. The molecule has 0 bridgehead atoms. The summed E-state index contributed by atoms with van der Waals surface area (Å²) in [6.07, 6.45) is 7.21. The number of aromatic nitrogens is 4. The van der Waals surface area contributed by atoms with Gasteiger partial charge in [0, 0.05) is 48.8 Å². The number of nitrogens with zero attached hydrogens (tertiary/aromatic N) is 5. The fourth-order valence-corrected chi connectivity index (χ4v) is 3.19. The van der Waals surface area contributed by atoms with E-state index < -0.39 is 0 Å². The zero-order valence-electron chi connectivity index (χ0n) is 13.8. The Morgan fingerprint density at radius 2 is 2.08 bits per heavy atom. The quantitative estimate of drug-likeness (QED) is 0.512. The van der Waals surface area contributed by atoms with Crippen molar-refractivity contribution in [1.29, 1.82) is 5.26 Å². The van der Waals surface area contributed by atoms with Crippen molar-refractivity contribution in [3.05, 3.63) is 59.3 Å². The number of imidazole rings is 1. The van der Waals surface area contributed by atoms with Crippen LogP contribution in [0.2, 0.25) is 0 Å². The predicted molar refractivity (Wildman–Crippen MR) is 102 cm³/mol. The van der Waals surface area contributed by atoms with Gasteiger partial charge in [-0.25, -0.2) is 15.0 Å². The van der Waals surface area contributed by atoms with Gasteiger partial charge in [0.2, 0.25) is 0 Å². The summed E-state index contributed by atoms with van der Waals surface area (Å²) in [5.41, 5.74) is 3.33. The van der Waals surface area contributed by atoms with Gasteiger partial charge >= 0.3 is 0 Å². The molecule has 0 aliphatic carbocycles. The molecule has 4 rings (SSSR count). The number of anilines is 2. The first-order chi connectivity index (χ1) is 12.8. The van der Waals surface area contributed by atoms with Crippen LogP contribution in [0.5, 0.6) is 0 Å². The third-order valence-corrected chi connectivity index (χ3v) is 4.49. The maximum absolute atomic E-state index is 8.79. The van der Waals surface area contributed by atoms with E-state index in [0.717, 1.165) is 28.5 Å². The summed E-state index contributed by atoms with van der Waals surface area (Å²) in [6.45, 7) is 1.32. The highest BCUT2D eigenvalue weighted by atomic mass is 32.1. The second kappa shape index (κ2) is 7.21. The Kier molecular flexibility index (Phi) is 4.45. The third kappa shape index (κ3) is 3.34. The molecule has 0 radical (unpaired) electrons. The van der Waals surface area contributed by atoms with Crippen molar-refractivity contribution in [3.63, 3.8) is 0 Å². The van der Waals surface area contributed by atoms with Crippen LogP contribution in [0.15, 0.2) is 53.7 Å². The minimum Gasteiger partial charge on any atom is -0.368 e. The molecule has 2 N–H and O–H groups in total. The fraction of sp³-hybridized carbons (Fsp3) is 0.111. The van der Waals surface area contributed by atoms with Crippen molar-refractivity contribution in [3.8, 4) is 17.3 Å². The fourth-order valence-electron chi connectivity index (χ4n) is 2.54. The van der Waals surface area contributed by atoms with Crippen molar-refractivity contribution in [1.82, 2.24) is 19.4 Å². The van der Waals surface area contributed by atoms with Gasteiger partial charge in [0.25, 0.3) is 0 Å². The summed E-state index contributed by atoms with van der Waals surface area (Å²) in [6, 6.07) is 7.64. The number of hydrogen-bond acceptors (Lipinski definition) is 7. The minimum absolute atomic E-state index is 0.546. The second-order valence-electron chi connectivity index (χ2n) is 5.54. The van der Waals surface area contributed by atoms with E-state index in [1.807, 2.05) is 22.2 Å². The minimum atomic E-state index is 0.546. The highest BCUT2D eigenvalue weighted by Gasteiger charge is 2.09. The molecule has 8 heteroatoms. The van der Waals surface area contributed by atoms with Gasteiger partial charge in [0.05, 0.1) is 11.3 Å². The first-order valence-electron chi connectivity index (χ1n) is 8.03. The van der Waals surface area contributed by atoms with Crippen LogP contribution in [-0.2, 0) is 0 Å². The zero-order valence-corrected chi connectivity index (χ0v) is 14.6. The standard InChI is InChI=1S/C18H15N7S/c19-9-13-1-2-16(23-10-13)20-4-5-21-17-18-22-6-7-25(18)11-15(24-17)14-3-8-26-12-14/h1-3,6-8,10-12H,4-5H2,(H,20,23)(H,21,24). The number of hydrogen-bond donors (Lipinski definition) is 2. The normalized spacial score (nSPS) is 10.6. The molecule has 0 unspecified atom stereocenters. The van der Waals surface area contributed by atoms with Gasteiger partial charge in [-0.3, -0.25) is 0 Å². The molecule has 0 aromatic carbocycles. The molecule has 7 nitrogen and oxygen atoms in total. The van der Waals surface area contributed by atoms with E-state index in [0.29, 0.717) is 18.7 Å². The molecule has 4 aromatic heterocycles. The van der Waals surface area contributed by atoms with E-state index in [2.05, 4.69) is 38.1 Å². The topological polar surface area (TPSA) is 90.9 Å². The maximum Gasteiger partial charge on any atom is 0.180 e. The molecule has 26 heavy (non-hydrogen) atoms. The second-order valence-corrected chi connectivity index (χ2v) is 6.32. The van der Waals surface area contributed by atoms with Crippen LogP contribution >= 0.6 is 11.3 Å². The van der Waals surface area contributed by atoms with Crippen molar-refractivity contribution in [2.75, 3.05) is 23.7 Å². The first-order valence-corrected chi connectivity index (χ1v) is 8.98. The van der Waals surface area contributed by atoms with E-state index >= 15 is 0 Å². The molecular weight excluding hydrogens is 346 g/mol. The summed E-state index contributed by atoms with van der Waals surface area (Å²) in [7, 11) is 0. The molecule has 0 aliphatic heterocycles. The average molecular weight is 361 g/mol. The Bertz CT molecular complexity index is 1050. The lowest BCUT2D eigenvalue weighted by molar-refractivity contribution is 1.03. The molecule has 128 valence electrons. The van der Waals surface area contributed by atoms with Crippen LogP contribution in [0.3, 0.4) is 0 Å². The molecule has 0 fully saturated rings. The molecule has 0 saturated heterocycles. The van der Waals surface area contributed by atoms with E-state index in [-0.39, 0.29) is 0 Å². The lowest BCUT2D eigenvalue weighted by atomic mass is 10.2. The van der Waals surface area contributed by atoms with Gasteiger partial charge < -0.3 is 15.0 Å². The van der Waals surface area contributed by atoms with Gasteiger partial charge in [-0.15, -0.1) is 0 Å². The smallest absolute Gasteiger partial charge is 0.180 e. The Morgan fingerprint density at radius 3 is 2.85 bits per heavy atom. The summed E-state index contributed by atoms with van der Waals surface area (Å²) in [5, 5.41) is 19.5. The summed E-state index contributed by atoms with van der Waals surface area (Å²) < 4.78 is 1.97. The number of thiophene rings is 1. The summed E-state index contributed by atoms with van der Waals surface area (Å²) in [5.74, 6) is 1.48. The molecule has 0 amide bonds. The van der Waals surface area contributed by atoms with Crippen LogP contribution in [0.1, 0.15) is 5.56 Å². The lowest BCUT2D eigenvalue weighted by Gasteiger charge is -2.10. The Morgan fingerprint density at radius 1 is 1.15 bits per heavy atom. The van der Waals surface area contributed by atoms with Crippen molar-refractivity contribution in [2.45, 2.75) is 0 Å². The van der Waals surface area contributed by atoms with Gasteiger partial charge in [-0.1, -0.05) is 0 Å². The van der Waals surface area contributed by atoms with E-state index in [1.165, 1.54) is 0 Å². The largest absolute Gasteiger partial charge is 0.368 e. The molecular formula is C18H15N7S. The summed E-state index contributed by atoms with van der Waals surface area (Å²) in [4.78, 5) is 13.3. The van der Waals surface area contributed by atoms with Crippen LogP contribution in [0.4, 0.5) is 11.6 Å². The first kappa shape index (κ1) is 16.1. The lowest BCUT2D eigenvalue weighted by Crippen LogP contribution is -2.15. The number of nitriles is 1. The Balaban J connectivity index is 1.45. The summed E-state index contributed by atoms with van der Waals surface area (Å²) >= 11 is 1.65. The molecule has 0 saturated carbocycles. The Labute approximate surface area is 154 Å².